The highest BCUT2D eigenvalue weighted by Gasteiger charge is 2.50. The Labute approximate surface area is 262 Å². The van der Waals surface area contributed by atoms with E-state index in [1.807, 2.05) is 33.8 Å². The molecule has 0 amide bonds. The van der Waals surface area contributed by atoms with Crippen LogP contribution < -0.4 is 0 Å². The van der Waals surface area contributed by atoms with Gasteiger partial charge in [0.25, 0.3) is 0 Å². The quantitative estimate of drug-likeness (QED) is 0.148. The second kappa shape index (κ2) is 14.0. The van der Waals surface area contributed by atoms with Crippen molar-refractivity contribution in [2.75, 3.05) is 0 Å². The zero-order valence-corrected chi connectivity index (χ0v) is 29.4. The number of hydrogen-bond acceptors (Lipinski definition) is 6. The Bertz CT molecular complexity index is 1240. The average Bonchev–Trinajstić information content (AvgIpc) is 3.34. The van der Waals surface area contributed by atoms with Gasteiger partial charge in [0.15, 0.2) is 11.6 Å². The molecule has 0 radical (unpaired) electrons. The van der Waals surface area contributed by atoms with Crippen LogP contribution in [-0.4, -0.2) is 21.8 Å². The van der Waals surface area contributed by atoms with E-state index >= 15 is 0 Å². The van der Waals surface area contributed by atoms with Crippen molar-refractivity contribution in [1.82, 2.24) is 10.2 Å². The standard InChI is InChI=1S/C37H59N3O3/c1-13-15-28(25-38)32(42)35(9,10)29-16-17-37(12,30(23-29)22-26(3)41)34(7,8)19-21-36(11,20-18-33(5,6)14-2)24-31-40-39-27(4)43-31/h15,22,29H,13-14,16-21,23-24H2,1-12H3/b28-15-,30-22-/t29-,36+,37-/m1/s1. The van der Waals surface area contributed by atoms with E-state index in [1.165, 1.54) is 0 Å². The first kappa shape index (κ1) is 36.6. The van der Waals surface area contributed by atoms with Crippen LogP contribution >= 0.6 is 0 Å². The van der Waals surface area contributed by atoms with Crippen LogP contribution in [0.4, 0.5) is 0 Å². The molecule has 2 rings (SSSR count). The smallest absolute Gasteiger partial charge is 0.217 e. The Kier molecular flexibility index (Phi) is 12.0. The first-order valence-electron chi connectivity index (χ1n) is 16.4. The number of nitriles is 1. The fourth-order valence-electron chi connectivity index (χ4n) is 6.78. The van der Waals surface area contributed by atoms with E-state index in [4.69, 9.17) is 4.42 Å². The Morgan fingerprint density at radius 2 is 1.67 bits per heavy atom. The van der Waals surface area contributed by atoms with E-state index < -0.39 is 5.41 Å². The maximum atomic E-state index is 13.5. The molecule has 1 aromatic rings. The number of carbonyl (C=O) groups is 2. The number of Topliss-reactive ketones (excluding diaryl/α,β-unsaturated/α-hetero) is 1. The molecule has 0 bridgehead atoms. The molecule has 1 aliphatic rings. The summed E-state index contributed by atoms with van der Waals surface area (Å²) in [5, 5.41) is 18.1. The second-order valence-corrected chi connectivity index (χ2v) is 15.8. The molecule has 0 N–H and O–H groups in total. The van der Waals surface area contributed by atoms with E-state index in [1.54, 1.807) is 13.0 Å². The lowest BCUT2D eigenvalue weighted by atomic mass is 9.51. The van der Waals surface area contributed by atoms with Gasteiger partial charge in [0, 0.05) is 18.8 Å². The molecule has 1 saturated carbocycles. The number of hydrogen-bond donors (Lipinski definition) is 0. The summed E-state index contributed by atoms with van der Waals surface area (Å²) in [6.07, 6.45) is 12.8. The van der Waals surface area contributed by atoms with Crippen molar-refractivity contribution in [2.24, 2.45) is 33.0 Å². The maximum Gasteiger partial charge on any atom is 0.217 e. The summed E-state index contributed by atoms with van der Waals surface area (Å²) in [4.78, 5) is 26.1. The normalized spacial score (nSPS) is 22.7. The largest absolute Gasteiger partial charge is 0.426 e. The average molecular weight is 594 g/mol. The highest BCUT2D eigenvalue weighted by molar-refractivity contribution is 6.02. The van der Waals surface area contributed by atoms with Crippen molar-refractivity contribution in [1.29, 1.82) is 5.26 Å². The van der Waals surface area contributed by atoms with Crippen LogP contribution in [0, 0.1) is 51.2 Å². The van der Waals surface area contributed by atoms with Crippen molar-refractivity contribution in [2.45, 2.75) is 147 Å². The molecule has 240 valence electrons. The number of ketones is 2. The summed E-state index contributed by atoms with van der Waals surface area (Å²) in [5.74, 6) is 1.32. The molecule has 0 saturated heterocycles. The Morgan fingerprint density at radius 1 is 1.05 bits per heavy atom. The predicted octanol–water partition coefficient (Wildman–Crippen LogP) is 9.73. The number of aromatic nitrogens is 2. The minimum atomic E-state index is -0.690. The third-order valence-corrected chi connectivity index (χ3v) is 11.3. The molecule has 1 fully saturated rings. The Balaban J connectivity index is 2.37. The van der Waals surface area contributed by atoms with Gasteiger partial charge in [0.2, 0.25) is 11.8 Å². The number of carbonyl (C=O) groups excluding carboxylic acids is 2. The molecule has 0 unspecified atom stereocenters. The third-order valence-electron chi connectivity index (χ3n) is 11.3. The number of aryl methyl sites for hydroxylation is 1. The van der Waals surface area contributed by atoms with Crippen molar-refractivity contribution in [3.8, 4) is 6.07 Å². The summed E-state index contributed by atoms with van der Waals surface area (Å²) >= 11 is 0. The Hall–Kier alpha value is -2.55. The number of nitrogens with zero attached hydrogens (tertiary/aromatic N) is 3. The predicted molar refractivity (Wildman–Crippen MR) is 174 cm³/mol. The fourth-order valence-corrected chi connectivity index (χ4v) is 6.78. The summed E-state index contributed by atoms with van der Waals surface area (Å²) in [6.45, 7) is 25.7. The van der Waals surface area contributed by atoms with Gasteiger partial charge in [0.1, 0.15) is 6.07 Å². The molecule has 6 nitrogen and oxygen atoms in total. The van der Waals surface area contributed by atoms with Crippen molar-refractivity contribution in [3.05, 3.63) is 35.1 Å². The molecule has 0 spiro atoms. The Morgan fingerprint density at radius 3 is 2.19 bits per heavy atom. The van der Waals surface area contributed by atoms with Gasteiger partial charge in [0.05, 0.1) is 5.57 Å². The van der Waals surface area contributed by atoms with Crippen LogP contribution in [0.2, 0.25) is 0 Å². The van der Waals surface area contributed by atoms with Gasteiger partial charge in [-0.1, -0.05) is 87.3 Å². The van der Waals surface area contributed by atoms with E-state index in [2.05, 4.69) is 64.7 Å². The highest BCUT2D eigenvalue weighted by atomic mass is 16.4. The lowest BCUT2D eigenvalue weighted by Gasteiger charge is -2.53. The molecule has 1 aliphatic carbocycles. The molecule has 3 atom stereocenters. The molecule has 6 heteroatoms. The van der Waals surface area contributed by atoms with Gasteiger partial charge >= 0.3 is 0 Å². The van der Waals surface area contributed by atoms with E-state index in [-0.39, 0.29) is 44.7 Å². The van der Waals surface area contributed by atoms with Gasteiger partial charge in [-0.15, -0.1) is 10.2 Å². The van der Waals surface area contributed by atoms with Crippen LogP contribution in [0.3, 0.4) is 0 Å². The van der Waals surface area contributed by atoms with Gasteiger partial charge in [-0.05, 0) is 91.9 Å². The summed E-state index contributed by atoms with van der Waals surface area (Å²) in [7, 11) is 0. The lowest BCUT2D eigenvalue weighted by Crippen LogP contribution is -2.45. The van der Waals surface area contributed by atoms with Gasteiger partial charge < -0.3 is 4.42 Å². The van der Waals surface area contributed by atoms with E-state index in [0.29, 0.717) is 24.6 Å². The lowest BCUT2D eigenvalue weighted by molar-refractivity contribution is -0.126. The first-order valence-corrected chi connectivity index (χ1v) is 16.4. The van der Waals surface area contributed by atoms with Crippen molar-refractivity contribution in [3.63, 3.8) is 0 Å². The minimum Gasteiger partial charge on any atom is -0.426 e. The van der Waals surface area contributed by atoms with Crippen LogP contribution in [0.25, 0.3) is 0 Å². The van der Waals surface area contributed by atoms with Crippen LogP contribution in [-0.2, 0) is 16.0 Å². The topological polar surface area (TPSA) is 96.8 Å². The summed E-state index contributed by atoms with van der Waals surface area (Å²) in [5.41, 5.74) is 0.669. The zero-order chi connectivity index (χ0) is 32.9. The molecule has 1 aromatic heterocycles. The molecule has 43 heavy (non-hydrogen) atoms. The maximum absolute atomic E-state index is 13.5. The first-order chi connectivity index (χ1) is 19.8. The number of allylic oxidation sites excluding steroid dienone is 4. The molecule has 0 aliphatic heterocycles. The number of rotatable bonds is 15. The van der Waals surface area contributed by atoms with E-state index in [0.717, 1.165) is 56.9 Å². The molecular formula is C37H59N3O3. The monoisotopic (exact) mass is 593 g/mol. The molecule has 0 aromatic carbocycles. The summed E-state index contributed by atoms with van der Waals surface area (Å²) in [6, 6.07) is 2.13. The van der Waals surface area contributed by atoms with Crippen molar-refractivity contribution >= 4 is 11.6 Å². The molecular weight excluding hydrogens is 534 g/mol. The third kappa shape index (κ3) is 8.99. The van der Waals surface area contributed by atoms with Crippen LogP contribution in [0.5, 0.6) is 0 Å². The van der Waals surface area contributed by atoms with Gasteiger partial charge in [-0.3, -0.25) is 9.59 Å². The van der Waals surface area contributed by atoms with Gasteiger partial charge in [-0.2, -0.15) is 5.26 Å². The SMILES string of the molecule is CC/C=C(/C#N)C(=O)C(C)(C)[C@@H]1CC[C@@](C)(C(C)(C)CC[C@](C)(CCC(C)(C)CC)Cc2nnc(C)o2)/C(=C\C(C)=O)C1. The second-order valence-electron chi connectivity index (χ2n) is 15.8. The zero-order valence-electron chi connectivity index (χ0n) is 29.4. The summed E-state index contributed by atoms with van der Waals surface area (Å²) < 4.78 is 5.85. The van der Waals surface area contributed by atoms with Crippen molar-refractivity contribution < 1.29 is 14.0 Å². The van der Waals surface area contributed by atoms with Crippen LogP contribution in [0.1, 0.15) is 146 Å². The van der Waals surface area contributed by atoms with E-state index in [9.17, 15) is 14.9 Å². The minimum absolute atomic E-state index is 0.00554. The highest BCUT2D eigenvalue weighted by Crippen LogP contribution is 2.59. The fraction of sp³-hybridized carbons (Fsp3) is 0.757. The van der Waals surface area contributed by atoms with Gasteiger partial charge in [-0.25, -0.2) is 0 Å². The molecule has 1 heterocycles. The van der Waals surface area contributed by atoms with Crippen LogP contribution in [0.15, 0.2) is 27.7 Å².